The molecule has 7 heteroatoms. The molecule has 4 aromatic rings. The summed E-state index contributed by atoms with van der Waals surface area (Å²) >= 11 is 0. The molecule has 1 aliphatic heterocycles. The van der Waals surface area contributed by atoms with E-state index in [1.54, 1.807) is 6.26 Å². The van der Waals surface area contributed by atoms with Gasteiger partial charge in [-0.3, -0.25) is 9.69 Å². The van der Waals surface area contributed by atoms with Gasteiger partial charge < -0.3 is 9.40 Å². The third kappa shape index (κ3) is 3.84. The standard InChI is InChI=1S/C24H25N5O2/c1-16(2)23-25-20-10-11-28(15-19(20)24(30)26-23)13-17-14-29(18-7-4-3-5-8-18)27-22(17)21-9-6-12-31-21/h3-9,12,14,16H,10-11,13,15H2,1-2H3,(H,25,26,30). The summed E-state index contributed by atoms with van der Waals surface area (Å²) in [7, 11) is 0. The first-order valence-electron chi connectivity index (χ1n) is 10.6. The Morgan fingerprint density at radius 3 is 2.74 bits per heavy atom. The van der Waals surface area contributed by atoms with Gasteiger partial charge in [0.15, 0.2) is 5.76 Å². The number of benzene rings is 1. The van der Waals surface area contributed by atoms with Gasteiger partial charge in [-0.15, -0.1) is 0 Å². The first-order chi connectivity index (χ1) is 15.1. The van der Waals surface area contributed by atoms with Gasteiger partial charge in [-0.1, -0.05) is 32.0 Å². The fourth-order valence-electron chi connectivity index (χ4n) is 4.01. The molecule has 7 nitrogen and oxygen atoms in total. The molecule has 0 unspecified atom stereocenters. The minimum atomic E-state index is -0.0235. The number of furan rings is 1. The lowest BCUT2D eigenvalue weighted by Gasteiger charge is -2.27. The Morgan fingerprint density at radius 2 is 2.00 bits per heavy atom. The number of aromatic nitrogens is 4. The maximum absolute atomic E-state index is 12.7. The van der Waals surface area contributed by atoms with Crippen LogP contribution in [0.2, 0.25) is 0 Å². The molecule has 0 radical (unpaired) electrons. The minimum Gasteiger partial charge on any atom is -0.463 e. The zero-order chi connectivity index (χ0) is 21.4. The van der Waals surface area contributed by atoms with Crippen molar-refractivity contribution in [3.05, 3.63) is 87.9 Å². The van der Waals surface area contributed by atoms with Crippen LogP contribution in [0.1, 0.15) is 42.4 Å². The topological polar surface area (TPSA) is 80.0 Å². The summed E-state index contributed by atoms with van der Waals surface area (Å²) in [5.74, 6) is 1.71. The molecule has 0 amide bonds. The Bertz CT molecular complexity index is 1240. The van der Waals surface area contributed by atoms with Crippen molar-refractivity contribution in [3.63, 3.8) is 0 Å². The van der Waals surface area contributed by atoms with Crippen molar-refractivity contribution in [2.75, 3.05) is 6.54 Å². The Labute approximate surface area is 180 Å². The van der Waals surface area contributed by atoms with Gasteiger partial charge in [0.05, 0.1) is 23.2 Å². The zero-order valence-corrected chi connectivity index (χ0v) is 17.7. The summed E-state index contributed by atoms with van der Waals surface area (Å²) in [5.41, 5.74) is 4.55. The lowest BCUT2D eigenvalue weighted by Crippen LogP contribution is -2.36. The Hall–Kier alpha value is -3.45. The minimum absolute atomic E-state index is 0.0235. The van der Waals surface area contributed by atoms with Gasteiger partial charge in [-0.05, 0) is 24.3 Å². The van der Waals surface area contributed by atoms with Crippen LogP contribution in [0.4, 0.5) is 0 Å². The number of nitrogens with zero attached hydrogens (tertiary/aromatic N) is 4. The van der Waals surface area contributed by atoms with Crippen LogP contribution in [0.5, 0.6) is 0 Å². The van der Waals surface area contributed by atoms with E-state index in [4.69, 9.17) is 14.5 Å². The molecule has 0 bridgehead atoms. The Kier molecular flexibility index (Phi) is 5.03. The van der Waals surface area contributed by atoms with E-state index in [0.717, 1.165) is 52.8 Å². The molecule has 0 fully saturated rings. The van der Waals surface area contributed by atoms with Crippen molar-refractivity contribution in [1.82, 2.24) is 24.6 Å². The average Bonchev–Trinajstić information content (AvgIpc) is 3.44. The third-order valence-corrected chi connectivity index (χ3v) is 5.67. The van der Waals surface area contributed by atoms with Gasteiger partial charge in [0.2, 0.25) is 0 Å². The maximum atomic E-state index is 12.7. The van der Waals surface area contributed by atoms with Crippen LogP contribution in [0.25, 0.3) is 17.1 Å². The second kappa shape index (κ2) is 8.00. The first-order valence-corrected chi connectivity index (χ1v) is 10.6. The van der Waals surface area contributed by atoms with Crippen molar-refractivity contribution in [3.8, 4) is 17.1 Å². The van der Waals surface area contributed by atoms with Crippen molar-refractivity contribution < 1.29 is 4.42 Å². The van der Waals surface area contributed by atoms with Gasteiger partial charge in [0.25, 0.3) is 5.56 Å². The molecule has 31 heavy (non-hydrogen) atoms. The van der Waals surface area contributed by atoms with Crippen LogP contribution in [0, 0.1) is 0 Å². The third-order valence-electron chi connectivity index (χ3n) is 5.67. The molecule has 0 atom stereocenters. The highest BCUT2D eigenvalue weighted by Crippen LogP contribution is 2.27. The Morgan fingerprint density at radius 1 is 1.16 bits per heavy atom. The van der Waals surface area contributed by atoms with Crippen molar-refractivity contribution >= 4 is 0 Å². The van der Waals surface area contributed by atoms with E-state index < -0.39 is 0 Å². The summed E-state index contributed by atoms with van der Waals surface area (Å²) in [6.07, 6.45) is 4.48. The highest BCUT2D eigenvalue weighted by Gasteiger charge is 2.24. The maximum Gasteiger partial charge on any atom is 0.255 e. The molecule has 1 N–H and O–H groups in total. The van der Waals surface area contributed by atoms with Gasteiger partial charge >= 0.3 is 0 Å². The van der Waals surface area contributed by atoms with E-state index in [-0.39, 0.29) is 11.5 Å². The van der Waals surface area contributed by atoms with Gasteiger partial charge in [0.1, 0.15) is 11.5 Å². The van der Waals surface area contributed by atoms with Gasteiger partial charge in [0, 0.05) is 43.7 Å². The fourth-order valence-corrected chi connectivity index (χ4v) is 4.01. The van der Waals surface area contributed by atoms with Crippen molar-refractivity contribution in [2.45, 2.75) is 39.3 Å². The molecule has 3 aromatic heterocycles. The van der Waals surface area contributed by atoms with E-state index in [1.807, 2.05) is 67.2 Å². The first kappa shape index (κ1) is 19.5. The van der Waals surface area contributed by atoms with Crippen molar-refractivity contribution in [1.29, 1.82) is 0 Å². The molecule has 1 aromatic carbocycles. The molecule has 0 spiro atoms. The predicted molar refractivity (Wildman–Crippen MR) is 118 cm³/mol. The number of aromatic amines is 1. The smallest absolute Gasteiger partial charge is 0.255 e. The van der Waals surface area contributed by atoms with Crippen LogP contribution in [0.3, 0.4) is 0 Å². The average molecular weight is 415 g/mol. The summed E-state index contributed by atoms with van der Waals surface area (Å²) < 4.78 is 7.53. The van der Waals surface area contributed by atoms with E-state index >= 15 is 0 Å². The lowest BCUT2D eigenvalue weighted by molar-refractivity contribution is 0.241. The lowest BCUT2D eigenvalue weighted by atomic mass is 10.0. The number of para-hydroxylation sites is 1. The normalized spacial score (nSPS) is 14.2. The van der Waals surface area contributed by atoms with Crippen LogP contribution in [0.15, 0.2) is 64.1 Å². The summed E-state index contributed by atoms with van der Waals surface area (Å²) in [5, 5.41) is 4.80. The van der Waals surface area contributed by atoms with Crippen LogP contribution >= 0.6 is 0 Å². The van der Waals surface area contributed by atoms with Crippen LogP contribution < -0.4 is 5.56 Å². The van der Waals surface area contributed by atoms with E-state index in [1.165, 1.54) is 0 Å². The summed E-state index contributed by atoms with van der Waals surface area (Å²) in [6, 6.07) is 13.8. The van der Waals surface area contributed by atoms with E-state index in [2.05, 4.69) is 9.88 Å². The van der Waals surface area contributed by atoms with E-state index in [9.17, 15) is 4.79 Å². The van der Waals surface area contributed by atoms with Crippen LogP contribution in [-0.2, 0) is 19.5 Å². The quantitative estimate of drug-likeness (QED) is 0.535. The number of hydrogen-bond acceptors (Lipinski definition) is 5. The molecular formula is C24H25N5O2. The second-order valence-corrected chi connectivity index (χ2v) is 8.25. The molecular weight excluding hydrogens is 390 g/mol. The largest absolute Gasteiger partial charge is 0.463 e. The SMILES string of the molecule is CC(C)c1nc2c(c(=O)[nH]1)CN(Cc1cn(-c3ccccc3)nc1-c1ccco1)CC2. The number of rotatable bonds is 5. The summed E-state index contributed by atoms with van der Waals surface area (Å²) in [6.45, 7) is 6.17. The second-order valence-electron chi connectivity index (χ2n) is 8.25. The Balaban J connectivity index is 1.45. The molecule has 5 rings (SSSR count). The number of fused-ring (bicyclic) bond motifs is 1. The zero-order valence-electron chi connectivity index (χ0n) is 17.7. The molecule has 4 heterocycles. The molecule has 1 aliphatic rings. The number of H-pyrrole nitrogens is 1. The van der Waals surface area contributed by atoms with Crippen LogP contribution in [-0.4, -0.2) is 31.2 Å². The van der Waals surface area contributed by atoms with Gasteiger partial charge in [-0.25, -0.2) is 9.67 Å². The van der Waals surface area contributed by atoms with Crippen molar-refractivity contribution in [2.24, 2.45) is 0 Å². The summed E-state index contributed by atoms with van der Waals surface area (Å²) in [4.78, 5) is 22.6. The highest BCUT2D eigenvalue weighted by atomic mass is 16.3. The van der Waals surface area contributed by atoms with E-state index in [0.29, 0.717) is 13.1 Å². The molecule has 0 saturated heterocycles. The molecule has 0 aliphatic carbocycles. The number of nitrogens with one attached hydrogen (secondary N) is 1. The fraction of sp³-hybridized carbons (Fsp3) is 0.292. The molecule has 158 valence electrons. The highest BCUT2D eigenvalue weighted by molar-refractivity contribution is 5.57. The predicted octanol–water partition coefficient (Wildman–Crippen LogP) is 3.90. The monoisotopic (exact) mass is 415 g/mol. The van der Waals surface area contributed by atoms with Gasteiger partial charge in [-0.2, -0.15) is 5.10 Å². The molecule has 0 saturated carbocycles. The number of hydrogen-bond donors (Lipinski definition) is 1.